The Kier molecular flexibility index (Phi) is 4.86. The van der Waals surface area contributed by atoms with E-state index in [2.05, 4.69) is 28.5 Å². The fourth-order valence-corrected chi connectivity index (χ4v) is 3.63. The van der Waals surface area contributed by atoms with Gasteiger partial charge in [0.15, 0.2) is 0 Å². The van der Waals surface area contributed by atoms with Gasteiger partial charge >= 0.3 is 0 Å². The first-order valence-electron chi connectivity index (χ1n) is 9.20. The lowest BCUT2D eigenvalue weighted by Crippen LogP contribution is -2.27. The molecule has 6 nitrogen and oxygen atoms in total. The molecule has 0 radical (unpaired) electrons. The van der Waals surface area contributed by atoms with Crippen molar-refractivity contribution in [2.24, 2.45) is 5.92 Å². The molecule has 3 heterocycles. The zero-order chi connectivity index (χ0) is 17.9. The van der Waals surface area contributed by atoms with Crippen LogP contribution in [-0.2, 0) is 17.8 Å². The van der Waals surface area contributed by atoms with Crippen molar-refractivity contribution in [2.75, 3.05) is 13.2 Å². The van der Waals surface area contributed by atoms with Gasteiger partial charge in [-0.15, -0.1) is 0 Å². The van der Waals surface area contributed by atoms with Gasteiger partial charge in [0.1, 0.15) is 0 Å². The van der Waals surface area contributed by atoms with Gasteiger partial charge < -0.3 is 15.0 Å². The Morgan fingerprint density at radius 1 is 1.38 bits per heavy atom. The molecular formula is C20H24N4O2. The maximum Gasteiger partial charge on any atom is 0.252 e. The van der Waals surface area contributed by atoms with E-state index in [1.807, 2.05) is 41.2 Å². The van der Waals surface area contributed by atoms with Crippen molar-refractivity contribution in [3.8, 4) is 0 Å². The first kappa shape index (κ1) is 17.0. The highest BCUT2D eigenvalue weighted by Crippen LogP contribution is 2.33. The summed E-state index contributed by atoms with van der Waals surface area (Å²) in [6.45, 7) is 5.07. The van der Waals surface area contributed by atoms with E-state index in [1.165, 1.54) is 0 Å². The number of aromatic amines is 1. The van der Waals surface area contributed by atoms with Gasteiger partial charge in [0, 0.05) is 55.0 Å². The molecule has 0 bridgehead atoms. The summed E-state index contributed by atoms with van der Waals surface area (Å²) in [4.78, 5) is 15.2. The molecule has 2 atom stereocenters. The molecule has 1 aromatic carbocycles. The SMILES string of the molecule is CCn1cc([C@@H]2OCC[C@H]2CNCc2cc3ccccc3[nH]c2=O)cn1. The number of aryl methyl sites for hydroxylation is 1. The number of nitrogens with zero attached hydrogens (tertiary/aromatic N) is 2. The first-order valence-corrected chi connectivity index (χ1v) is 9.20. The summed E-state index contributed by atoms with van der Waals surface area (Å²) in [6, 6.07) is 9.81. The van der Waals surface area contributed by atoms with Gasteiger partial charge in [-0.2, -0.15) is 5.10 Å². The van der Waals surface area contributed by atoms with Crippen molar-refractivity contribution in [2.45, 2.75) is 32.5 Å². The average Bonchev–Trinajstić information content (AvgIpc) is 3.30. The molecule has 0 spiro atoms. The number of para-hydroxylation sites is 1. The van der Waals surface area contributed by atoms with E-state index in [4.69, 9.17) is 4.74 Å². The Morgan fingerprint density at radius 3 is 3.12 bits per heavy atom. The molecule has 1 saturated heterocycles. The van der Waals surface area contributed by atoms with Crippen molar-refractivity contribution < 1.29 is 4.74 Å². The number of pyridine rings is 1. The summed E-state index contributed by atoms with van der Waals surface area (Å²) in [7, 11) is 0. The highest BCUT2D eigenvalue weighted by Gasteiger charge is 2.30. The number of hydrogen-bond acceptors (Lipinski definition) is 4. The lowest BCUT2D eigenvalue weighted by Gasteiger charge is -2.17. The molecule has 26 heavy (non-hydrogen) atoms. The fourth-order valence-electron chi connectivity index (χ4n) is 3.63. The van der Waals surface area contributed by atoms with Crippen molar-refractivity contribution in [3.63, 3.8) is 0 Å². The Morgan fingerprint density at radius 2 is 2.27 bits per heavy atom. The number of benzene rings is 1. The van der Waals surface area contributed by atoms with Crippen LogP contribution in [0.4, 0.5) is 0 Å². The van der Waals surface area contributed by atoms with Gasteiger partial charge in [-0.3, -0.25) is 9.48 Å². The van der Waals surface area contributed by atoms with Crippen LogP contribution in [0.15, 0.2) is 47.5 Å². The number of rotatable bonds is 6. The van der Waals surface area contributed by atoms with Gasteiger partial charge in [0.2, 0.25) is 0 Å². The molecule has 1 fully saturated rings. The number of nitrogens with one attached hydrogen (secondary N) is 2. The van der Waals surface area contributed by atoms with Crippen LogP contribution in [0.3, 0.4) is 0 Å². The summed E-state index contributed by atoms with van der Waals surface area (Å²) < 4.78 is 7.86. The Balaban J connectivity index is 1.41. The van der Waals surface area contributed by atoms with Gasteiger partial charge in [-0.1, -0.05) is 18.2 Å². The standard InChI is InChI=1S/C20H24N4O2/c1-2-24-13-17(12-22-24)19-15(7-8-26-19)10-21-11-16-9-14-5-3-4-6-18(14)23-20(16)25/h3-6,9,12-13,15,19,21H,2,7-8,10-11H2,1H3,(H,23,25)/t15-,19+/m0/s1. The number of H-pyrrole nitrogens is 1. The van der Waals surface area contributed by atoms with E-state index < -0.39 is 0 Å². The largest absolute Gasteiger partial charge is 0.373 e. The van der Waals surface area contributed by atoms with E-state index in [0.29, 0.717) is 12.5 Å². The van der Waals surface area contributed by atoms with Crippen LogP contribution in [0, 0.1) is 5.92 Å². The molecule has 4 rings (SSSR count). The zero-order valence-corrected chi connectivity index (χ0v) is 14.9. The zero-order valence-electron chi connectivity index (χ0n) is 14.9. The second kappa shape index (κ2) is 7.43. The van der Waals surface area contributed by atoms with Crippen LogP contribution in [0.25, 0.3) is 10.9 Å². The predicted octanol–water partition coefficient (Wildman–Crippen LogP) is 2.61. The van der Waals surface area contributed by atoms with Crippen molar-refractivity contribution >= 4 is 10.9 Å². The van der Waals surface area contributed by atoms with Crippen LogP contribution >= 0.6 is 0 Å². The summed E-state index contributed by atoms with van der Waals surface area (Å²) in [5.74, 6) is 0.393. The normalized spacial score (nSPS) is 20.0. The predicted molar refractivity (Wildman–Crippen MR) is 101 cm³/mol. The molecule has 0 aliphatic carbocycles. The minimum Gasteiger partial charge on any atom is -0.373 e. The summed E-state index contributed by atoms with van der Waals surface area (Å²) in [5.41, 5.74) is 2.75. The van der Waals surface area contributed by atoms with E-state index in [9.17, 15) is 4.79 Å². The van der Waals surface area contributed by atoms with Gasteiger partial charge in [-0.25, -0.2) is 0 Å². The monoisotopic (exact) mass is 352 g/mol. The third-order valence-electron chi connectivity index (χ3n) is 5.07. The molecule has 0 saturated carbocycles. The van der Waals surface area contributed by atoms with Crippen LogP contribution in [0.1, 0.15) is 30.6 Å². The summed E-state index contributed by atoms with van der Waals surface area (Å²) >= 11 is 0. The topological polar surface area (TPSA) is 71.9 Å². The maximum absolute atomic E-state index is 12.3. The number of hydrogen-bond donors (Lipinski definition) is 2. The molecule has 3 aromatic rings. The number of fused-ring (bicyclic) bond motifs is 1. The van der Waals surface area contributed by atoms with Crippen molar-refractivity contribution in [3.05, 3.63) is 64.2 Å². The van der Waals surface area contributed by atoms with Gasteiger partial charge in [-0.05, 0) is 30.9 Å². The minimum absolute atomic E-state index is 0.0281. The highest BCUT2D eigenvalue weighted by molar-refractivity contribution is 5.78. The molecule has 1 aliphatic rings. The maximum atomic E-state index is 12.3. The molecule has 6 heteroatoms. The third-order valence-corrected chi connectivity index (χ3v) is 5.07. The molecule has 0 amide bonds. The summed E-state index contributed by atoms with van der Waals surface area (Å²) in [6.07, 6.45) is 5.07. The fraction of sp³-hybridized carbons (Fsp3) is 0.400. The molecule has 0 unspecified atom stereocenters. The molecule has 136 valence electrons. The molecule has 1 aliphatic heterocycles. The number of aromatic nitrogens is 3. The Labute approximate surface area is 152 Å². The Bertz CT molecular complexity index is 946. The van der Waals surface area contributed by atoms with E-state index in [-0.39, 0.29) is 11.7 Å². The second-order valence-corrected chi connectivity index (χ2v) is 6.81. The minimum atomic E-state index is -0.0281. The van der Waals surface area contributed by atoms with Crippen LogP contribution in [0.5, 0.6) is 0 Å². The lowest BCUT2D eigenvalue weighted by atomic mass is 9.97. The van der Waals surface area contributed by atoms with E-state index >= 15 is 0 Å². The van der Waals surface area contributed by atoms with Crippen molar-refractivity contribution in [1.82, 2.24) is 20.1 Å². The van der Waals surface area contributed by atoms with Crippen molar-refractivity contribution in [1.29, 1.82) is 0 Å². The van der Waals surface area contributed by atoms with Gasteiger partial charge in [0.25, 0.3) is 5.56 Å². The highest BCUT2D eigenvalue weighted by atomic mass is 16.5. The molecular weight excluding hydrogens is 328 g/mol. The Hall–Kier alpha value is -2.44. The quantitative estimate of drug-likeness (QED) is 0.715. The third kappa shape index (κ3) is 3.43. The number of ether oxygens (including phenoxy) is 1. The molecule has 2 aromatic heterocycles. The first-order chi connectivity index (χ1) is 12.7. The second-order valence-electron chi connectivity index (χ2n) is 6.81. The molecule has 2 N–H and O–H groups in total. The van der Waals surface area contributed by atoms with Crippen LogP contribution < -0.4 is 10.9 Å². The van der Waals surface area contributed by atoms with Gasteiger partial charge in [0.05, 0.1) is 12.3 Å². The average molecular weight is 352 g/mol. The van der Waals surface area contributed by atoms with Crippen LogP contribution in [-0.4, -0.2) is 27.9 Å². The smallest absolute Gasteiger partial charge is 0.252 e. The summed E-state index contributed by atoms with van der Waals surface area (Å²) in [5, 5.41) is 8.85. The lowest BCUT2D eigenvalue weighted by molar-refractivity contribution is 0.0903. The van der Waals surface area contributed by atoms with Crippen LogP contribution in [0.2, 0.25) is 0 Å². The van der Waals surface area contributed by atoms with E-state index in [0.717, 1.165) is 48.1 Å². The van der Waals surface area contributed by atoms with E-state index in [1.54, 1.807) is 0 Å².